The van der Waals surface area contributed by atoms with Crippen molar-refractivity contribution in [3.8, 4) is 6.07 Å². The van der Waals surface area contributed by atoms with E-state index in [-0.39, 0.29) is 11.8 Å². The fraction of sp³-hybridized carbons (Fsp3) is 0.417. The van der Waals surface area contributed by atoms with Gasteiger partial charge in [-0.25, -0.2) is 0 Å². The number of benzene rings is 1. The smallest absolute Gasteiger partial charge is 0.0766 e. The monoisotopic (exact) mass is 265 g/mol. The van der Waals surface area contributed by atoms with Crippen molar-refractivity contribution in [3.05, 3.63) is 34.3 Å². The maximum Gasteiger partial charge on any atom is 0.0766 e. The Bertz CT molecular complexity index is 389. The molecule has 1 fully saturated rings. The average Bonchev–Trinajstić information content (AvgIpc) is 3.00. The van der Waals surface area contributed by atoms with Crippen molar-refractivity contribution in [2.75, 3.05) is 0 Å². The van der Waals surface area contributed by atoms with Crippen LogP contribution in [0.15, 0.2) is 28.7 Å². The molecule has 1 aliphatic carbocycles. The van der Waals surface area contributed by atoms with Gasteiger partial charge in [0.1, 0.15) is 0 Å². The molecule has 0 aliphatic heterocycles. The van der Waals surface area contributed by atoms with Crippen LogP contribution in [0.3, 0.4) is 0 Å². The number of nitrogens with zero attached hydrogens (tertiary/aromatic N) is 1. The lowest BCUT2D eigenvalue weighted by Crippen LogP contribution is -2.25. The highest BCUT2D eigenvalue weighted by molar-refractivity contribution is 9.10. The number of aliphatic hydroxyl groups excluding tert-OH is 1. The Morgan fingerprint density at radius 3 is 2.47 bits per heavy atom. The first-order valence-electron chi connectivity index (χ1n) is 5.00. The van der Waals surface area contributed by atoms with Gasteiger partial charge in [-0.1, -0.05) is 28.1 Å². The lowest BCUT2D eigenvalue weighted by molar-refractivity contribution is 0.136. The van der Waals surface area contributed by atoms with Crippen LogP contribution < -0.4 is 0 Å². The molecule has 2 rings (SSSR count). The van der Waals surface area contributed by atoms with Crippen LogP contribution in [-0.4, -0.2) is 11.2 Å². The molecule has 3 heteroatoms. The molecular formula is C12H12BrNO. The zero-order valence-corrected chi connectivity index (χ0v) is 9.87. The minimum absolute atomic E-state index is 0.142. The summed E-state index contributed by atoms with van der Waals surface area (Å²) in [7, 11) is 0. The number of hydrogen-bond acceptors (Lipinski definition) is 2. The van der Waals surface area contributed by atoms with Crippen LogP contribution in [0.1, 0.15) is 24.8 Å². The Morgan fingerprint density at radius 2 is 2.00 bits per heavy atom. The Morgan fingerprint density at radius 1 is 1.40 bits per heavy atom. The van der Waals surface area contributed by atoms with Crippen molar-refractivity contribution in [1.29, 1.82) is 5.26 Å². The number of hydrogen-bond donors (Lipinski definition) is 1. The second kappa shape index (κ2) is 3.96. The van der Waals surface area contributed by atoms with E-state index in [1.165, 1.54) is 0 Å². The van der Waals surface area contributed by atoms with Crippen LogP contribution in [0.2, 0.25) is 0 Å². The molecule has 1 saturated carbocycles. The van der Waals surface area contributed by atoms with Crippen molar-refractivity contribution in [2.24, 2.45) is 0 Å². The Balaban J connectivity index is 2.23. The standard InChI is InChI=1S/C12H12BrNO/c13-10-3-1-9(2-4-10)12(6-7-12)11(15)5-8-14/h1-4,11,15H,5-7H2. The van der Waals surface area contributed by atoms with E-state index in [4.69, 9.17) is 5.26 Å². The normalized spacial score (nSPS) is 19.3. The highest BCUT2D eigenvalue weighted by Gasteiger charge is 2.49. The van der Waals surface area contributed by atoms with Gasteiger partial charge in [-0.05, 0) is 30.5 Å². The molecule has 1 unspecified atom stereocenters. The van der Waals surface area contributed by atoms with Crippen molar-refractivity contribution < 1.29 is 5.11 Å². The van der Waals surface area contributed by atoms with E-state index in [2.05, 4.69) is 15.9 Å². The van der Waals surface area contributed by atoms with E-state index >= 15 is 0 Å². The zero-order valence-electron chi connectivity index (χ0n) is 8.28. The largest absolute Gasteiger partial charge is 0.391 e. The van der Waals surface area contributed by atoms with Crippen LogP contribution in [0.25, 0.3) is 0 Å². The molecule has 1 atom stereocenters. The molecule has 0 bridgehead atoms. The maximum atomic E-state index is 9.93. The lowest BCUT2D eigenvalue weighted by atomic mass is 9.88. The summed E-state index contributed by atoms with van der Waals surface area (Å²) in [5.74, 6) is 0. The zero-order chi connectivity index (χ0) is 10.9. The highest BCUT2D eigenvalue weighted by Crippen LogP contribution is 2.51. The van der Waals surface area contributed by atoms with Crippen LogP contribution in [0.4, 0.5) is 0 Å². The molecule has 2 nitrogen and oxygen atoms in total. The molecule has 1 N–H and O–H groups in total. The molecule has 0 spiro atoms. The fourth-order valence-corrected chi connectivity index (χ4v) is 2.28. The van der Waals surface area contributed by atoms with E-state index in [1.807, 2.05) is 30.3 Å². The van der Waals surface area contributed by atoms with Crippen LogP contribution >= 0.6 is 15.9 Å². The molecule has 1 aromatic carbocycles. The fourth-order valence-electron chi connectivity index (χ4n) is 2.01. The molecule has 0 amide bonds. The molecular weight excluding hydrogens is 254 g/mol. The molecule has 0 heterocycles. The topological polar surface area (TPSA) is 44.0 Å². The van der Waals surface area contributed by atoms with Crippen molar-refractivity contribution in [3.63, 3.8) is 0 Å². The lowest BCUT2D eigenvalue weighted by Gasteiger charge is -2.20. The van der Waals surface area contributed by atoms with Crippen molar-refractivity contribution in [2.45, 2.75) is 30.8 Å². The SMILES string of the molecule is N#CCC(O)C1(c2ccc(Br)cc2)CC1. The van der Waals surface area contributed by atoms with Gasteiger partial charge in [0.25, 0.3) is 0 Å². The summed E-state index contributed by atoms with van der Waals surface area (Å²) in [6, 6.07) is 10.0. The number of nitriles is 1. The summed E-state index contributed by atoms with van der Waals surface area (Å²) in [4.78, 5) is 0. The molecule has 0 radical (unpaired) electrons. The van der Waals surface area contributed by atoms with E-state index in [9.17, 15) is 5.11 Å². The van der Waals surface area contributed by atoms with Crippen molar-refractivity contribution in [1.82, 2.24) is 0 Å². The van der Waals surface area contributed by atoms with Gasteiger partial charge in [0.15, 0.2) is 0 Å². The van der Waals surface area contributed by atoms with Gasteiger partial charge in [0, 0.05) is 9.89 Å². The van der Waals surface area contributed by atoms with E-state index in [0.717, 1.165) is 22.9 Å². The molecule has 1 aromatic rings. The third-order valence-corrected chi connectivity index (χ3v) is 3.66. The van der Waals surface area contributed by atoms with E-state index < -0.39 is 6.10 Å². The quantitative estimate of drug-likeness (QED) is 0.914. The van der Waals surface area contributed by atoms with Gasteiger partial charge < -0.3 is 5.11 Å². The minimum atomic E-state index is -0.524. The average molecular weight is 266 g/mol. The summed E-state index contributed by atoms with van der Waals surface area (Å²) in [6.07, 6.45) is 1.66. The first-order chi connectivity index (χ1) is 7.19. The van der Waals surface area contributed by atoms with Crippen LogP contribution in [-0.2, 0) is 5.41 Å². The number of halogens is 1. The van der Waals surface area contributed by atoms with Gasteiger partial charge >= 0.3 is 0 Å². The second-order valence-corrected chi connectivity index (χ2v) is 4.96. The first-order valence-corrected chi connectivity index (χ1v) is 5.79. The Hall–Kier alpha value is -0.850. The third kappa shape index (κ3) is 1.92. The summed E-state index contributed by atoms with van der Waals surface area (Å²) in [5.41, 5.74) is 1.00. The number of rotatable bonds is 3. The van der Waals surface area contributed by atoms with E-state index in [1.54, 1.807) is 0 Å². The van der Waals surface area contributed by atoms with Crippen LogP contribution in [0.5, 0.6) is 0 Å². The Labute approximate surface area is 97.7 Å². The third-order valence-electron chi connectivity index (χ3n) is 3.13. The van der Waals surface area contributed by atoms with Crippen molar-refractivity contribution >= 4 is 15.9 Å². The summed E-state index contributed by atoms with van der Waals surface area (Å²) in [6.45, 7) is 0. The first kappa shape index (κ1) is 10.7. The molecule has 15 heavy (non-hydrogen) atoms. The van der Waals surface area contributed by atoms with Gasteiger partial charge in [0.05, 0.1) is 18.6 Å². The second-order valence-electron chi connectivity index (χ2n) is 4.04. The summed E-state index contributed by atoms with van der Waals surface area (Å²) >= 11 is 3.39. The molecule has 0 aromatic heterocycles. The summed E-state index contributed by atoms with van der Waals surface area (Å²) in [5, 5.41) is 18.5. The van der Waals surface area contributed by atoms with E-state index in [0.29, 0.717) is 0 Å². The summed E-state index contributed by atoms with van der Waals surface area (Å²) < 4.78 is 1.04. The van der Waals surface area contributed by atoms with Gasteiger partial charge in [0.2, 0.25) is 0 Å². The predicted octanol–water partition coefficient (Wildman–Crippen LogP) is 2.76. The predicted molar refractivity (Wildman–Crippen MR) is 61.3 cm³/mol. The van der Waals surface area contributed by atoms with Gasteiger partial charge in [-0.15, -0.1) is 0 Å². The van der Waals surface area contributed by atoms with Gasteiger partial charge in [-0.2, -0.15) is 5.26 Å². The Kier molecular flexibility index (Phi) is 2.81. The van der Waals surface area contributed by atoms with Crippen LogP contribution in [0, 0.1) is 11.3 Å². The number of aliphatic hydroxyl groups is 1. The maximum absolute atomic E-state index is 9.93. The minimum Gasteiger partial charge on any atom is -0.391 e. The molecule has 1 aliphatic rings. The van der Waals surface area contributed by atoms with Gasteiger partial charge in [-0.3, -0.25) is 0 Å². The molecule has 0 saturated heterocycles. The highest BCUT2D eigenvalue weighted by atomic mass is 79.9. The molecule has 78 valence electrons.